The second kappa shape index (κ2) is 4.06. The summed E-state index contributed by atoms with van der Waals surface area (Å²) in [5.74, 6) is 1.16. The number of hydrogen-bond donors (Lipinski definition) is 0. The minimum atomic E-state index is 0.321. The van der Waals surface area contributed by atoms with E-state index < -0.39 is 0 Å². The van der Waals surface area contributed by atoms with E-state index in [9.17, 15) is 0 Å². The van der Waals surface area contributed by atoms with Gasteiger partial charge >= 0.3 is 0 Å². The van der Waals surface area contributed by atoms with E-state index in [4.69, 9.17) is 11.6 Å². The molecule has 0 fully saturated rings. The predicted molar refractivity (Wildman–Crippen MR) is 66.2 cm³/mol. The molecule has 0 atom stereocenters. The zero-order chi connectivity index (χ0) is 11.9. The molecule has 2 aromatic heterocycles. The fraction of sp³-hybridized carbons (Fsp3) is 0.500. The van der Waals surface area contributed by atoms with Crippen LogP contribution in [0, 0.1) is 6.92 Å². The first kappa shape index (κ1) is 11.4. The number of aryl methyl sites for hydroxylation is 1. The predicted octanol–water partition coefficient (Wildman–Crippen LogP) is 3.38. The third-order valence-electron chi connectivity index (χ3n) is 2.78. The van der Waals surface area contributed by atoms with Crippen LogP contribution in [0.5, 0.6) is 0 Å². The van der Waals surface area contributed by atoms with E-state index in [0.717, 1.165) is 23.5 Å². The quantitative estimate of drug-likeness (QED) is 0.750. The average molecular weight is 238 g/mol. The third-order valence-corrected chi connectivity index (χ3v) is 3.16. The largest absolute Gasteiger partial charge is 0.212 e. The molecule has 0 bridgehead atoms. The average Bonchev–Trinajstić information content (AvgIpc) is 2.62. The normalized spacial score (nSPS) is 11.6. The van der Waals surface area contributed by atoms with Gasteiger partial charge in [0.05, 0.1) is 0 Å². The van der Waals surface area contributed by atoms with Gasteiger partial charge in [-0.1, -0.05) is 32.4 Å². The lowest BCUT2D eigenvalue weighted by Crippen LogP contribution is -1.98. The van der Waals surface area contributed by atoms with Crippen molar-refractivity contribution in [1.82, 2.24) is 14.6 Å². The maximum atomic E-state index is 6.33. The van der Waals surface area contributed by atoms with Gasteiger partial charge in [0.1, 0.15) is 5.15 Å². The van der Waals surface area contributed by atoms with Crippen LogP contribution < -0.4 is 0 Å². The molecule has 2 rings (SSSR count). The highest BCUT2D eigenvalue weighted by molar-refractivity contribution is 6.30. The van der Waals surface area contributed by atoms with E-state index in [1.807, 2.05) is 6.07 Å². The Morgan fingerprint density at radius 2 is 2.12 bits per heavy atom. The smallest absolute Gasteiger partial charge is 0.157 e. The van der Waals surface area contributed by atoms with Crippen molar-refractivity contribution in [1.29, 1.82) is 0 Å². The van der Waals surface area contributed by atoms with Crippen LogP contribution in [0.15, 0.2) is 6.07 Å². The number of nitrogens with zero attached hydrogens (tertiary/aromatic N) is 3. The van der Waals surface area contributed by atoms with E-state index in [-0.39, 0.29) is 0 Å². The molecule has 2 aromatic rings. The first-order valence-electron chi connectivity index (χ1n) is 5.59. The van der Waals surface area contributed by atoms with E-state index in [2.05, 4.69) is 37.8 Å². The van der Waals surface area contributed by atoms with Crippen molar-refractivity contribution >= 4 is 17.2 Å². The van der Waals surface area contributed by atoms with Crippen LogP contribution in [0.4, 0.5) is 0 Å². The summed E-state index contributed by atoms with van der Waals surface area (Å²) >= 11 is 6.33. The highest BCUT2D eigenvalue weighted by Gasteiger charge is 2.13. The maximum Gasteiger partial charge on any atom is 0.157 e. The molecule has 0 aliphatic carbocycles. The fourth-order valence-corrected chi connectivity index (χ4v) is 2.23. The van der Waals surface area contributed by atoms with Crippen LogP contribution in [-0.2, 0) is 6.42 Å². The van der Waals surface area contributed by atoms with Gasteiger partial charge in [-0.05, 0) is 30.5 Å². The molecule has 4 heteroatoms. The van der Waals surface area contributed by atoms with Crippen molar-refractivity contribution in [3.8, 4) is 0 Å². The van der Waals surface area contributed by atoms with E-state index in [1.165, 1.54) is 5.56 Å². The summed E-state index contributed by atoms with van der Waals surface area (Å²) in [5, 5.41) is 5.13. The first-order chi connectivity index (χ1) is 7.54. The SMILES string of the molecule is CCc1c(C)cc2nc(C(C)C)nn2c1Cl. The molecule has 0 aromatic carbocycles. The van der Waals surface area contributed by atoms with Crippen molar-refractivity contribution in [3.05, 3.63) is 28.2 Å². The second-order valence-corrected chi connectivity index (χ2v) is 4.70. The second-order valence-electron chi connectivity index (χ2n) is 4.34. The first-order valence-corrected chi connectivity index (χ1v) is 5.97. The van der Waals surface area contributed by atoms with Crippen LogP contribution in [0.2, 0.25) is 5.15 Å². The lowest BCUT2D eigenvalue weighted by atomic mass is 10.1. The summed E-state index contributed by atoms with van der Waals surface area (Å²) in [6.07, 6.45) is 0.914. The summed E-state index contributed by atoms with van der Waals surface area (Å²) in [6.45, 7) is 8.32. The van der Waals surface area contributed by atoms with Gasteiger partial charge in [0.2, 0.25) is 0 Å². The summed E-state index contributed by atoms with van der Waals surface area (Å²) in [7, 11) is 0. The monoisotopic (exact) mass is 237 g/mol. The molecule has 16 heavy (non-hydrogen) atoms. The standard InChI is InChI=1S/C12H16ClN3/c1-5-9-8(4)6-10-14-12(7(2)3)15-16(10)11(9)13/h6-7H,5H2,1-4H3. The Bertz CT molecular complexity index is 529. The third kappa shape index (κ3) is 1.69. The summed E-state index contributed by atoms with van der Waals surface area (Å²) < 4.78 is 1.74. The Balaban J connectivity index is 2.73. The van der Waals surface area contributed by atoms with Crippen molar-refractivity contribution in [2.75, 3.05) is 0 Å². The van der Waals surface area contributed by atoms with E-state index in [1.54, 1.807) is 4.52 Å². The molecule has 0 N–H and O–H groups in total. The molecule has 2 heterocycles. The zero-order valence-electron chi connectivity index (χ0n) is 10.1. The van der Waals surface area contributed by atoms with E-state index >= 15 is 0 Å². The van der Waals surface area contributed by atoms with Gasteiger partial charge in [0.15, 0.2) is 11.5 Å². The van der Waals surface area contributed by atoms with Gasteiger partial charge in [0, 0.05) is 5.92 Å². The molecule has 0 amide bonds. The molecule has 0 radical (unpaired) electrons. The highest BCUT2D eigenvalue weighted by Crippen LogP contribution is 2.23. The molecular formula is C12H16ClN3. The molecule has 0 saturated heterocycles. The van der Waals surface area contributed by atoms with Crippen LogP contribution in [0.25, 0.3) is 5.65 Å². The number of pyridine rings is 1. The van der Waals surface area contributed by atoms with Gasteiger partial charge in [-0.15, -0.1) is 5.10 Å². The lowest BCUT2D eigenvalue weighted by Gasteiger charge is -2.06. The van der Waals surface area contributed by atoms with Crippen molar-refractivity contribution in [2.24, 2.45) is 0 Å². The molecule has 0 unspecified atom stereocenters. The van der Waals surface area contributed by atoms with Crippen LogP contribution in [-0.4, -0.2) is 14.6 Å². The molecule has 0 aliphatic heterocycles. The Hall–Kier alpha value is -1.09. The molecular weight excluding hydrogens is 222 g/mol. The minimum Gasteiger partial charge on any atom is -0.212 e. The van der Waals surface area contributed by atoms with Crippen LogP contribution in [0.3, 0.4) is 0 Å². The summed E-state index contributed by atoms with van der Waals surface area (Å²) in [6, 6.07) is 2.05. The van der Waals surface area contributed by atoms with E-state index in [0.29, 0.717) is 11.1 Å². The zero-order valence-corrected chi connectivity index (χ0v) is 10.8. The number of halogens is 1. The summed E-state index contributed by atoms with van der Waals surface area (Å²) in [5.41, 5.74) is 3.17. The van der Waals surface area contributed by atoms with Gasteiger partial charge in [-0.3, -0.25) is 0 Å². The summed E-state index contributed by atoms with van der Waals surface area (Å²) in [4.78, 5) is 4.48. The Labute approximate surface area is 100 Å². The van der Waals surface area contributed by atoms with Crippen molar-refractivity contribution < 1.29 is 0 Å². The number of fused-ring (bicyclic) bond motifs is 1. The van der Waals surface area contributed by atoms with Crippen LogP contribution in [0.1, 0.15) is 43.6 Å². The number of hydrogen-bond acceptors (Lipinski definition) is 2. The van der Waals surface area contributed by atoms with Crippen LogP contribution >= 0.6 is 11.6 Å². The van der Waals surface area contributed by atoms with Gasteiger partial charge in [0.25, 0.3) is 0 Å². The minimum absolute atomic E-state index is 0.321. The van der Waals surface area contributed by atoms with Crippen molar-refractivity contribution in [2.45, 2.75) is 40.0 Å². The van der Waals surface area contributed by atoms with Crippen molar-refractivity contribution in [3.63, 3.8) is 0 Å². The Morgan fingerprint density at radius 3 is 2.69 bits per heavy atom. The Morgan fingerprint density at radius 1 is 1.44 bits per heavy atom. The topological polar surface area (TPSA) is 30.2 Å². The number of aromatic nitrogens is 3. The molecule has 3 nitrogen and oxygen atoms in total. The molecule has 86 valence electrons. The van der Waals surface area contributed by atoms with Gasteiger partial charge in [-0.25, -0.2) is 9.50 Å². The fourth-order valence-electron chi connectivity index (χ4n) is 1.82. The lowest BCUT2D eigenvalue weighted by molar-refractivity contribution is 0.764. The molecule has 0 aliphatic rings. The van der Waals surface area contributed by atoms with Gasteiger partial charge in [-0.2, -0.15) is 0 Å². The maximum absolute atomic E-state index is 6.33. The number of rotatable bonds is 2. The Kier molecular flexibility index (Phi) is 2.89. The molecule has 0 spiro atoms. The molecule has 0 saturated carbocycles. The highest BCUT2D eigenvalue weighted by atomic mass is 35.5. The van der Waals surface area contributed by atoms with Gasteiger partial charge < -0.3 is 0 Å².